The Bertz CT molecular complexity index is 1010. The van der Waals surface area contributed by atoms with Gasteiger partial charge in [0.05, 0.1) is 0 Å². The molecule has 0 radical (unpaired) electrons. The van der Waals surface area contributed by atoms with Crippen molar-refractivity contribution in [2.45, 2.75) is 32.4 Å². The van der Waals surface area contributed by atoms with Crippen molar-refractivity contribution in [1.29, 1.82) is 0 Å². The highest BCUT2D eigenvalue weighted by atomic mass is 15.0. The van der Waals surface area contributed by atoms with Crippen molar-refractivity contribution >= 4 is 23.3 Å². The van der Waals surface area contributed by atoms with Crippen LogP contribution < -0.4 is 16.4 Å². The number of rotatable bonds is 5. The van der Waals surface area contributed by atoms with E-state index in [0.717, 1.165) is 34.7 Å². The first-order chi connectivity index (χ1) is 13.6. The maximum absolute atomic E-state index is 6.00. The topological polar surface area (TPSA) is 75.9 Å². The molecule has 0 amide bonds. The SMILES string of the molecule is CCC1C=Cc2cc(Nc3ccnc(-c4cccc(C(C)N)c4)n3)ccc2N1. The number of benzene rings is 2. The molecule has 5 nitrogen and oxygen atoms in total. The summed E-state index contributed by atoms with van der Waals surface area (Å²) in [6.45, 7) is 4.15. The molecule has 142 valence electrons. The van der Waals surface area contributed by atoms with Gasteiger partial charge < -0.3 is 16.4 Å². The lowest BCUT2D eigenvalue weighted by Gasteiger charge is -2.21. The van der Waals surface area contributed by atoms with Crippen LogP contribution in [0.25, 0.3) is 17.5 Å². The Balaban J connectivity index is 1.57. The lowest BCUT2D eigenvalue weighted by molar-refractivity contribution is 0.818. The fourth-order valence-electron chi connectivity index (χ4n) is 3.29. The summed E-state index contributed by atoms with van der Waals surface area (Å²) in [6.07, 6.45) is 7.23. The summed E-state index contributed by atoms with van der Waals surface area (Å²) in [7, 11) is 0. The highest BCUT2D eigenvalue weighted by Gasteiger charge is 2.12. The van der Waals surface area contributed by atoms with Crippen LogP contribution in [0.5, 0.6) is 0 Å². The van der Waals surface area contributed by atoms with Gasteiger partial charge >= 0.3 is 0 Å². The summed E-state index contributed by atoms with van der Waals surface area (Å²) in [5, 5.41) is 6.92. The van der Waals surface area contributed by atoms with Crippen LogP contribution in [-0.4, -0.2) is 16.0 Å². The molecule has 2 heterocycles. The molecule has 0 spiro atoms. The van der Waals surface area contributed by atoms with Gasteiger partial charge in [-0.05, 0) is 54.8 Å². The average Bonchev–Trinajstić information content (AvgIpc) is 2.73. The molecule has 2 unspecified atom stereocenters. The van der Waals surface area contributed by atoms with E-state index in [1.54, 1.807) is 6.20 Å². The van der Waals surface area contributed by atoms with Crippen LogP contribution in [0, 0.1) is 0 Å². The number of nitrogens with one attached hydrogen (secondary N) is 2. The zero-order valence-corrected chi connectivity index (χ0v) is 16.2. The Morgan fingerprint density at radius 2 is 2.07 bits per heavy atom. The molecular weight excluding hydrogens is 346 g/mol. The van der Waals surface area contributed by atoms with E-state index < -0.39 is 0 Å². The van der Waals surface area contributed by atoms with Gasteiger partial charge in [0.2, 0.25) is 0 Å². The van der Waals surface area contributed by atoms with Crippen LogP contribution in [0.4, 0.5) is 17.2 Å². The van der Waals surface area contributed by atoms with Crippen molar-refractivity contribution in [3.05, 3.63) is 71.9 Å². The van der Waals surface area contributed by atoms with E-state index >= 15 is 0 Å². The molecule has 4 N–H and O–H groups in total. The fourth-order valence-corrected chi connectivity index (χ4v) is 3.29. The van der Waals surface area contributed by atoms with Gasteiger partial charge in [0.15, 0.2) is 5.82 Å². The van der Waals surface area contributed by atoms with Crippen LogP contribution >= 0.6 is 0 Å². The molecule has 3 aromatic rings. The van der Waals surface area contributed by atoms with Gasteiger partial charge in [0.25, 0.3) is 0 Å². The van der Waals surface area contributed by atoms with Crippen LogP contribution in [-0.2, 0) is 0 Å². The van der Waals surface area contributed by atoms with Gasteiger partial charge in [-0.15, -0.1) is 0 Å². The Labute approximate surface area is 165 Å². The largest absolute Gasteiger partial charge is 0.378 e. The van der Waals surface area contributed by atoms with Crippen molar-refractivity contribution in [3.8, 4) is 11.4 Å². The molecular formula is C23H25N5. The quantitative estimate of drug-likeness (QED) is 0.580. The van der Waals surface area contributed by atoms with Crippen LogP contribution in [0.2, 0.25) is 0 Å². The maximum Gasteiger partial charge on any atom is 0.161 e. The summed E-state index contributed by atoms with van der Waals surface area (Å²) in [5.74, 6) is 1.44. The van der Waals surface area contributed by atoms with E-state index in [4.69, 9.17) is 5.73 Å². The molecule has 0 saturated heterocycles. The third-order valence-corrected chi connectivity index (χ3v) is 4.94. The standard InChI is InChI=1S/C23H25N5/c1-3-19-8-7-17-14-20(9-10-21(17)26-19)27-22-11-12-25-23(28-22)18-6-4-5-16(13-18)15(2)24/h4-15,19,26H,3,24H2,1-2H3,(H,25,27,28). The van der Waals surface area contributed by atoms with Crippen LogP contribution in [0.1, 0.15) is 37.4 Å². The third kappa shape index (κ3) is 3.89. The minimum absolute atomic E-state index is 0.0225. The minimum Gasteiger partial charge on any atom is -0.378 e. The van der Waals surface area contributed by atoms with Crippen molar-refractivity contribution in [1.82, 2.24) is 9.97 Å². The summed E-state index contributed by atoms with van der Waals surface area (Å²) < 4.78 is 0. The molecule has 2 atom stereocenters. The third-order valence-electron chi connectivity index (χ3n) is 4.94. The second kappa shape index (κ2) is 7.82. The smallest absolute Gasteiger partial charge is 0.161 e. The summed E-state index contributed by atoms with van der Waals surface area (Å²) >= 11 is 0. The van der Waals surface area contributed by atoms with Gasteiger partial charge in [-0.2, -0.15) is 0 Å². The number of hydrogen-bond acceptors (Lipinski definition) is 5. The minimum atomic E-state index is -0.0225. The molecule has 5 heteroatoms. The molecule has 1 aromatic heterocycles. The number of nitrogens with two attached hydrogens (primary N) is 1. The number of nitrogens with zero attached hydrogens (tertiary/aromatic N) is 2. The van der Waals surface area contributed by atoms with Crippen LogP contribution in [0.3, 0.4) is 0 Å². The van der Waals surface area contributed by atoms with Gasteiger partial charge in [-0.25, -0.2) is 9.97 Å². The normalized spacial score (nSPS) is 16.2. The van der Waals surface area contributed by atoms with Crippen LogP contribution in [0.15, 0.2) is 60.8 Å². The summed E-state index contributed by atoms with van der Waals surface area (Å²) in [5.41, 5.74) is 11.4. The zero-order valence-electron chi connectivity index (χ0n) is 16.2. The zero-order chi connectivity index (χ0) is 19.5. The Hall–Kier alpha value is -3.18. The highest BCUT2D eigenvalue weighted by Crippen LogP contribution is 2.28. The van der Waals surface area contributed by atoms with Gasteiger partial charge in [-0.1, -0.05) is 37.3 Å². The van der Waals surface area contributed by atoms with Crippen molar-refractivity contribution in [3.63, 3.8) is 0 Å². The molecule has 1 aliphatic rings. The molecule has 0 aliphatic carbocycles. The molecule has 2 aromatic carbocycles. The summed E-state index contributed by atoms with van der Waals surface area (Å²) in [6, 6.07) is 16.6. The highest BCUT2D eigenvalue weighted by molar-refractivity contribution is 5.75. The van der Waals surface area contributed by atoms with E-state index in [0.29, 0.717) is 11.9 Å². The number of hydrogen-bond donors (Lipinski definition) is 3. The molecule has 0 fully saturated rings. The Morgan fingerprint density at radius 3 is 2.89 bits per heavy atom. The average molecular weight is 371 g/mol. The first kappa shape index (κ1) is 18.2. The van der Waals surface area contributed by atoms with E-state index in [9.17, 15) is 0 Å². The molecule has 0 bridgehead atoms. The predicted octanol–water partition coefficient (Wildman–Crippen LogP) is 5.12. The lowest BCUT2D eigenvalue weighted by Crippen LogP contribution is -2.18. The van der Waals surface area contributed by atoms with Gasteiger partial charge in [0, 0.05) is 35.2 Å². The second-order valence-electron chi connectivity index (χ2n) is 7.12. The van der Waals surface area contributed by atoms with Gasteiger partial charge in [-0.3, -0.25) is 0 Å². The molecule has 1 aliphatic heterocycles. The van der Waals surface area contributed by atoms with E-state index in [-0.39, 0.29) is 6.04 Å². The Kier molecular flexibility index (Phi) is 5.08. The molecule has 28 heavy (non-hydrogen) atoms. The molecule has 4 rings (SSSR count). The summed E-state index contributed by atoms with van der Waals surface area (Å²) in [4.78, 5) is 9.11. The molecule has 0 saturated carbocycles. The van der Waals surface area contributed by atoms with Crippen molar-refractivity contribution < 1.29 is 0 Å². The fraction of sp³-hybridized carbons (Fsp3) is 0.217. The second-order valence-corrected chi connectivity index (χ2v) is 7.12. The first-order valence-corrected chi connectivity index (χ1v) is 9.67. The predicted molar refractivity (Wildman–Crippen MR) is 117 cm³/mol. The monoisotopic (exact) mass is 371 g/mol. The number of fused-ring (bicyclic) bond motifs is 1. The van der Waals surface area contributed by atoms with E-state index in [1.807, 2.05) is 37.3 Å². The van der Waals surface area contributed by atoms with E-state index in [1.165, 1.54) is 5.56 Å². The van der Waals surface area contributed by atoms with Gasteiger partial charge in [0.1, 0.15) is 5.82 Å². The lowest BCUT2D eigenvalue weighted by atomic mass is 10.0. The number of anilines is 3. The van der Waals surface area contributed by atoms with E-state index in [2.05, 4.69) is 57.9 Å². The number of aromatic nitrogens is 2. The van der Waals surface area contributed by atoms with Crippen molar-refractivity contribution in [2.24, 2.45) is 5.73 Å². The first-order valence-electron chi connectivity index (χ1n) is 9.67. The maximum atomic E-state index is 6.00. The van der Waals surface area contributed by atoms with Crippen molar-refractivity contribution in [2.75, 3.05) is 10.6 Å². The Morgan fingerprint density at radius 1 is 1.18 bits per heavy atom.